The molecule has 4 aromatic rings. The summed E-state index contributed by atoms with van der Waals surface area (Å²) in [4.78, 5) is 33.0. The molecule has 172 valence electrons. The van der Waals surface area contributed by atoms with Crippen LogP contribution in [0.5, 0.6) is 11.5 Å². The SMILES string of the molecule is O=C(O)c1ccc(COc2ccc3c(c2)cc(C(=O)O)n3Cc2cc3c(cc2Cl)OOC3)cc1. The van der Waals surface area contributed by atoms with E-state index < -0.39 is 11.9 Å². The van der Waals surface area contributed by atoms with E-state index in [1.54, 1.807) is 47.0 Å². The maximum Gasteiger partial charge on any atom is 0.352 e. The molecule has 1 aliphatic heterocycles. The van der Waals surface area contributed by atoms with E-state index in [1.165, 1.54) is 12.1 Å². The Morgan fingerprint density at radius 3 is 2.53 bits per heavy atom. The number of benzene rings is 3. The molecule has 9 heteroatoms. The van der Waals surface area contributed by atoms with Gasteiger partial charge in [0.15, 0.2) is 5.75 Å². The van der Waals surface area contributed by atoms with Crippen molar-refractivity contribution in [1.82, 2.24) is 4.57 Å². The predicted octanol–water partition coefficient (Wildman–Crippen LogP) is 5.14. The number of hydrogen-bond acceptors (Lipinski definition) is 5. The average molecular weight is 480 g/mol. The molecule has 0 saturated carbocycles. The maximum atomic E-state index is 12.0. The zero-order valence-corrected chi connectivity index (χ0v) is 18.4. The normalized spacial score (nSPS) is 12.4. The lowest BCUT2D eigenvalue weighted by Gasteiger charge is -2.12. The van der Waals surface area contributed by atoms with E-state index in [0.29, 0.717) is 28.5 Å². The number of carboxylic acid groups (broad SMARTS) is 2. The lowest BCUT2D eigenvalue weighted by molar-refractivity contribution is -0.194. The van der Waals surface area contributed by atoms with E-state index in [4.69, 9.17) is 31.2 Å². The molecule has 0 aliphatic carbocycles. The number of hydrogen-bond donors (Lipinski definition) is 2. The Bertz CT molecular complexity index is 1430. The van der Waals surface area contributed by atoms with Crippen LogP contribution in [0.1, 0.15) is 37.5 Å². The van der Waals surface area contributed by atoms with Crippen molar-refractivity contribution in [3.05, 3.63) is 93.6 Å². The van der Waals surface area contributed by atoms with Gasteiger partial charge in [-0.15, -0.1) is 0 Å². The summed E-state index contributed by atoms with van der Waals surface area (Å²) in [5.41, 5.74) is 3.46. The van der Waals surface area contributed by atoms with Crippen molar-refractivity contribution in [2.75, 3.05) is 0 Å². The molecule has 2 N–H and O–H groups in total. The number of rotatable bonds is 7. The van der Waals surface area contributed by atoms with Gasteiger partial charge in [0, 0.05) is 34.1 Å². The molecule has 0 amide bonds. The summed E-state index contributed by atoms with van der Waals surface area (Å²) in [6.07, 6.45) is 0. The Kier molecular flexibility index (Phi) is 5.61. The molecular formula is C25H18ClNO7. The van der Waals surface area contributed by atoms with E-state index in [0.717, 1.165) is 22.2 Å². The minimum Gasteiger partial charge on any atom is -0.489 e. The Balaban J connectivity index is 1.41. The molecule has 0 radical (unpaired) electrons. The first-order chi connectivity index (χ1) is 16.4. The minimum atomic E-state index is -1.05. The lowest BCUT2D eigenvalue weighted by atomic mass is 10.1. The van der Waals surface area contributed by atoms with Crippen LogP contribution in [0.15, 0.2) is 60.7 Å². The number of ether oxygens (including phenoxy) is 1. The topological polar surface area (TPSA) is 107 Å². The number of carboxylic acids is 2. The quantitative estimate of drug-likeness (QED) is 0.353. The molecule has 5 rings (SSSR count). The number of fused-ring (bicyclic) bond motifs is 2. The number of aromatic nitrogens is 1. The summed E-state index contributed by atoms with van der Waals surface area (Å²) < 4.78 is 7.54. The molecule has 0 saturated heterocycles. The third-order valence-electron chi connectivity index (χ3n) is 5.62. The lowest BCUT2D eigenvalue weighted by Crippen LogP contribution is -2.09. The average Bonchev–Trinajstić information content (AvgIpc) is 3.42. The Hall–Kier alpha value is -4.01. The van der Waals surface area contributed by atoms with E-state index >= 15 is 0 Å². The van der Waals surface area contributed by atoms with E-state index in [-0.39, 0.29) is 24.4 Å². The largest absolute Gasteiger partial charge is 0.489 e. The predicted molar refractivity (Wildman–Crippen MR) is 123 cm³/mol. The summed E-state index contributed by atoms with van der Waals surface area (Å²) in [6, 6.07) is 16.9. The van der Waals surface area contributed by atoms with Gasteiger partial charge in [0.1, 0.15) is 24.7 Å². The van der Waals surface area contributed by atoms with Gasteiger partial charge in [-0.1, -0.05) is 23.7 Å². The fraction of sp³-hybridized carbons (Fsp3) is 0.120. The summed E-state index contributed by atoms with van der Waals surface area (Å²) in [6.45, 7) is 0.803. The second-order valence-corrected chi connectivity index (χ2v) is 8.24. The van der Waals surface area contributed by atoms with Gasteiger partial charge in [0.25, 0.3) is 0 Å². The second-order valence-electron chi connectivity index (χ2n) is 7.83. The molecule has 1 aromatic heterocycles. The van der Waals surface area contributed by atoms with Crippen molar-refractivity contribution in [3.8, 4) is 11.5 Å². The Labute approximate surface area is 198 Å². The second kappa shape index (κ2) is 8.74. The van der Waals surface area contributed by atoms with Gasteiger partial charge in [-0.3, -0.25) is 0 Å². The van der Waals surface area contributed by atoms with Crippen LogP contribution in [-0.4, -0.2) is 26.7 Å². The van der Waals surface area contributed by atoms with Gasteiger partial charge >= 0.3 is 11.9 Å². The van der Waals surface area contributed by atoms with Crippen LogP contribution in [0.3, 0.4) is 0 Å². The monoisotopic (exact) mass is 479 g/mol. The molecule has 3 aromatic carbocycles. The fourth-order valence-corrected chi connectivity index (χ4v) is 4.10. The van der Waals surface area contributed by atoms with E-state index in [2.05, 4.69) is 0 Å². The molecule has 0 fully saturated rings. The number of aromatic carboxylic acids is 2. The van der Waals surface area contributed by atoms with Crippen LogP contribution >= 0.6 is 11.6 Å². The number of halogens is 1. The molecule has 1 aliphatic rings. The van der Waals surface area contributed by atoms with Gasteiger partial charge in [0.05, 0.1) is 5.56 Å². The fourth-order valence-electron chi connectivity index (χ4n) is 3.89. The third-order valence-corrected chi connectivity index (χ3v) is 5.97. The van der Waals surface area contributed by atoms with Crippen LogP contribution in [0.4, 0.5) is 0 Å². The molecule has 0 unspecified atom stereocenters. The molecule has 34 heavy (non-hydrogen) atoms. The van der Waals surface area contributed by atoms with E-state index in [1.807, 2.05) is 6.07 Å². The van der Waals surface area contributed by atoms with Gasteiger partial charge in [0.2, 0.25) is 0 Å². The zero-order valence-electron chi connectivity index (χ0n) is 17.7. The number of carbonyl (C=O) groups is 2. The van der Waals surface area contributed by atoms with Crippen molar-refractivity contribution in [1.29, 1.82) is 0 Å². The van der Waals surface area contributed by atoms with Gasteiger partial charge in [-0.25, -0.2) is 9.59 Å². The molecule has 8 nitrogen and oxygen atoms in total. The first-order valence-electron chi connectivity index (χ1n) is 10.3. The highest BCUT2D eigenvalue weighted by molar-refractivity contribution is 6.31. The number of nitrogens with zero attached hydrogens (tertiary/aromatic N) is 1. The van der Waals surface area contributed by atoms with Gasteiger partial charge < -0.3 is 24.4 Å². The van der Waals surface area contributed by atoms with Crippen molar-refractivity contribution < 1.29 is 34.3 Å². The summed E-state index contributed by atoms with van der Waals surface area (Å²) in [5.74, 6) is -0.918. The van der Waals surface area contributed by atoms with Crippen LogP contribution in [0.2, 0.25) is 5.02 Å². The smallest absolute Gasteiger partial charge is 0.352 e. The van der Waals surface area contributed by atoms with Gasteiger partial charge in [-0.05, 0) is 53.6 Å². The Morgan fingerprint density at radius 2 is 1.79 bits per heavy atom. The highest BCUT2D eigenvalue weighted by Gasteiger charge is 2.20. The van der Waals surface area contributed by atoms with Crippen molar-refractivity contribution in [3.63, 3.8) is 0 Å². The minimum absolute atomic E-state index is 0.125. The third kappa shape index (κ3) is 4.16. The first-order valence-corrected chi connectivity index (χ1v) is 10.7. The van der Waals surface area contributed by atoms with Crippen molar-refractivity contribution in [2.45, 2.75) is 19.8 Å². The van der Waals surface area contributed by atoms with Crippen LogP contribution in [-0.2, 0) is 24.6 Å². The van der Waals surface area contributed by atoms with E-state index in [9.17, 15) is 14.7 Å². The molecule has 0 spiro atoms. The highest BCUT2D eigenvalue weighted by Crippen LogP contribution is 2.34. The highest BCUT2D eigenvalue weighted by atomic mass is 35.5. The molecule has 0 atom stereocenters. The van der Waals surface area contributed by atoms with Gasteiger partial charge in [-0.2, -0.15) is 4.89 Å². The van der Waals surface area contributed by atoms with Crippen molar-refractivity contribution >= 4 is 34.4 Å². The van der Waals surface area contributed by atoms with Crippen LogP contribution in [0.25, 0.3) is 10.9 Å². The molecule has 2 heterocycles. The zero-order chi connectivity index (χ0) is 23.8. The van der Waals surface area contributed by atoms with Crippen LogP contribution < -0.4 is 9.62 Å². The standard InChI is InChI=1S/C25H18ClNO7/c26-20-10-23-18(13-33-34-23)7-17(20)11-27-21-6-5-19(8-16(21)9-22(27)25(30)31)32-12-14-1-3-15(4-2-14)24(28)29/h1-10H,11-13H2,(H,28,29)(H,30,31). The Morgan fingerprint density at radius 1 is 1.00 bits per heavy atom. The summed E-state index contributed by atoms with van der Waals surface area (Å²) in [5, 5.41) is 20.0. The van der Waals surface area contributed by atoms with Crippen molar-refractivity contribution in [2.24, 2.45) is 0 Å². The maximum absolute atomic E-state index is 12.0. The summed E-state index contributed by atoms with van der Waals surface area (Å²) >= 11 is 6.41. The van der Waals surface area contributed by atoms with Crippen LogP contribution in [0, 0.1) is 0 Å². The summed E-state index contributed by atoms with van der Waals surface area (Å²) in [7, 11) is 0. The molecular weight excluding hydrogens is 462 g/mol. The first kappa shape index (κ1) is 21.8. The molecule has 0 bridgehead atoms.